The molecule has 2 N–H and O–H groups in total. The Morgan fingerprint density at radius 3 is 2.83 bits per heavy atom. The number of fused-ring (bicyclic) bond motifs is 5. The summed E-state index contributed by atoms with van der Waals surface area (Å²) in [5.74, 6) is 0.653. The van der Waals surface area contributed by atoms with Gasteiger partial charge in [-0.05, 0) is 31.5 Å². The van der Waals surface area contributed by atoms with Crippen molar-refractivity contribution in [3.63, 3.8) is 0 Å². The molecule has 8 heteroatoms. The Bertz CT molecular complexity index is 1130. The third kappa shape index (κ3) is 3.41. The number of benzene rings is 1. The van der Waals surface area contributed by atoms with Gasteiger partial charge in [0.1, 0.15) is 6.10 Å². The molecule has 0 spiro atoms. The Morgan fingerprint density at radius 2 is 2.07 bits per heavy atom. The Balaban J connectivity index is 1.97. The van der Waals surface area contributed by atoms with Crippen LogP contribution in [0.4, 0.5) is 5.82 Å². The average molecular weight is 405 g/mol. The number of hydrogen-bond donors (Lipinski definition) is 1. The summed E-state index contributed by atoms with van der Waals surface area (Å²) in [6, 6.07) is 7.53. The zero-order valence-electron chi connectivity index (χ0n) is 17.3. The van der Waals surface area contributed by atoms with Crippen molar-refractivity contribution in [2.24, 2.45) is 0 Å². The van der Waals surface area contributed by atoms with Gasteiger partial charge in [-0.3, -0.25) is 4.79 Å². The van der Waals surface area contributed by atoms with Crippen LogP contribution in [0.5, 0.6) is 11.8 Å². The second-order valence-corrected chi connectivity index (χ2v) is 7.31. The van der Waals surface area contributed by atoms with Crippen molar-refractivity contribution in [1.82, 2.24) is 19.9 Å². The van der Waals surface area contributed by atoms with Crippen LogP contribution in [-0.2, 0) is 6.54 Å². The summed E-state index contributed by atoms with van der Waals surface area (Å²) in [5, 5.41) is 0. The van der Waals surface area contributed by atoms with Crippen LogP contribution in [0.15, 0.2) is 36.7 Å². The summed E-state index contributed by atoms with van der Waals surface area (Å²) in [7, 11) is 3.30. The minimum atomic E-state index is -0.459. The lowest BCUT2D eigenvalue weighted by molar-refractivity contribution is 0.0779. The number of methoxy groups -OCH3 is 1. The molecular formula is C22H23N5O3. The molecule has 0 aliphatic carbocycles. The fourth-order valence-electron chi connectivity index (χ4n) is 3.61. The van der Waals surface area contributed by atoms with Crippen LogP contribution in [0, 0.1) is 6.92 Å². The molecule has 0 radical (unpaired) electrons. The first kappa shape index (κ1) is 19.6. The molecule has 1 unspecified atom stereocenters. The average Bonchev–Trinajstić information content (AvgIpc) is 2.74. The van der Waals surface area contributed by atoms with Gasteiger partial charge < -0.3 is 20.1 Å². The second kappa shape index (κ2) is 7.62. The summed E-state index contributed by atoms with van der Waals surface area (Å²) in [6.07, 6.45) is 2.74. The van der Waals surface area contributed by atoms with Gasteiger partial charge in [0.25, 0.3) is 11.8 Å². The van der Waals surface area contributed by atoms with Crippen molar-refractivity contribution in [3.05, 3.63) is 58.9 Å². The van der Waals surface area contributed by atoms with Gasteiger partial charge >= 0.3 is 0 Å². The van der Waals surface area contributed by atoms with Crippen LogP contribution in [0.2, 0.25) is 0 Å². The first-order valence-electron chi connectivity index (χ1n) is 9.56. The Morgan fingerprint density at radius 1 is 1.27 bits per heavy atom. The molecule has 0 saturated carbocycles. The molecule has 2 bridgehead atoms. The number of ether oxygens (including phenoxy) is 2. The van der Waals surface area contributed by atoms with Crippen LogP contribution in [0.3, 0.4) is 0 Å². The van der Waals surface area contributed by atoms with Crippen molar-refractivity contribution in [3.8, 4) is 23.0 Å². The van der Waals surface area contributed by atoms with E-state index in [1.807, 2.05) is 38.1 Å². The fraction of sp³-hybridized carbons (Fsp3) is 0.273. The minimum absolute atomic E-state index is 0.106. The van der Waals surface area contributed by atoms with E-state index in [1.165, 1.54) is 7.11 Å². The van der Waals surface area contributed by atoms with E-state index in [-0.39, 0.29) is 17.6 Å². The number of nitrogens with zero attached hydrogens (tertiary/aromatic N) is 4. The lowest BCUT2D eigenvalue weighted by atomic mass is 9.98. The lowest BCUT2D eigenvalue weighted by Crippen LogP contribution is -2.28. The molecule has 0 fully saturated rings. The van der Waals surface area contributed by atoms with E-state index in [1.54, 1.807) is 24.3 Å². The molecule has 30 heavy (non-hydrogen) atoms. The van der Waals surface area contributed by atoms with E-state index in [4.69, 9.17) is 15.2 Å². The SMILES string of the molecule is COc1nccc2c1-c1cnc(N)c(n1)OC(C)c1cc(C)ccc1C(=O)N(C)C2. The normalized spacial score (nSPS) is 15.9. The highest BCUT2D eigenvalue weighted by atomic mass is 16.5. The number of amides is 1. The first-order valence-corrected chi connectivity index (χ1v) is 9.56. The maximum atomic E-state index is 13.3. The fourth-order valence-corrected chi connectivity index (χ4v) is 3.61. The molecule has 4 rings (SSSR count). The summed E-state index contributed by atoms with van der Waals surface area (Å²) in [5.41, 5.74) is 10.4. The van der Waals surface area contributed by atoms with Crippen molar-refractivity contribution < 1.29 is 14.3 Å². The molecule has 2 aromatic heterocycles. The number of nitrogen functional groups attached to an aromatic ring is 1. The Kier molecular flexibility index (Phi) is 4.99. The van der Waals surface area contributed by atoms with Gasteiger partial charge in [-0.1, -0.05) is 17.7 Å². The number of anilines is 1. The van der Waals surface area contributed by atoms with Gasteiger partial charge in [0.15, 0.2) is 5.82 Å². The number of carbonyl (C=O) groups excluding carboxylic acids is 1. The van der Waals surface area contributed by atoms with Gasteiger partial charge in [-0.25, -0.2) is 15.0 Å². The molecule has 154 valence electrons. The molecule has 3 heterocycles. The molecule has 1 amide bonds. The van der Waals surface area contributed by atoms with E-state index >= 15 is 0 Å². The highest BCUT2D eigenvalue weighted by Gasteiger charge is 2.25. The van der Waals surface area contributed by atoms with E-state index in [0.29, 0.717) is 29.2 Å². The van der Waals surface area contributed by atoms with Crippen LogP contribution < -0.4 is 15.2 Å². The zero-order valence-corrected chi connectivity index (χ0v) is 17.3. The number of hydrogen-bond acceptors (Lipinski definition) is 7. The zero-order chi connectivity index (χ0) is 21.4. The van der Waals surface area contributed by atoms with Crippen molar-refractivity contribution in [2.45, 2.75) is 26.5 Å². The number of aromatic nitrogens is 3. The molecule has 0 saturated heterocycles. The monoisotopic (exact) mass is 405 g/mol. The largest absolute Gasteiger partial charge is 0.480 e. The highest BCUT2D eigenvalue weighted by molar-refractivity contribution is 5.96. The number of nitrogens with two attached hydrogens (primary N) is 1. The summed E-state index contributed by atoms with van der Waals surface area (Å²) in [4.78, 5) is 28.2. The Labute approximate surface area is 174 Å². The standard InChI is InChI=1S/C22H23N5O3/c1-12-5-6-15-16(9-12)13(2)30-21-19(23)25-10-17(26-21)18-14(11-27(3)22(15)28)7-8-24-20(18)29-4/h5-10,13H,11H2,1-4H3,(H2,23,25). The van der Waals surface area contributed by atoms with Crippen LogP contribution in [0.25, 0.3) is 11.3 Å². The summed E-state index contributed by atoms with van der Waals surface area (Å²) < 4.78 is 11.5. The maximum absolute atomic E-state index is 13.3. The molecule has 3 aromatic rings. The van der Waals surface area contributed by atoms with Crippen LogP contribution in [-0.4, -0.2) is 39.9 Å². The summed E-state index contributed by atoms with van der Waals surface area (Å²) in [6.45, 7) is 4.18. The van der Waals surface area contributed by atoms with E-state index in [9.17, 15) is 4.79 Å². The van der Waals surface area contributed by atoms with Crippen molar-refractivity contribution in [2.75, 3.05) is 19.9 Å². The van der Waals surface area contributed by atoms with Crippen LogP contribution >= 0.6 is 0 Å². The minimum Gasteiger partial charge on any atom is -0.480 e. The van der Waals surface area contributed by atoms with Gasteiger partial charge in [-0.15, -0.1) is 0 Å². The number of carbonyl (C=O) groups is 1. The van der Waals surface area contributed by atoms with Gasteiger partial charge in [-0.2, -0.15) is 0 Å². The highest BCUT2D eigenvalue weighted by Crippen LogP contribution is 2.35. The van der Waals surface area contributed by atoms with Crippen molar-refractivity contribution >= 4 is 11.7 Å². The third-order valence-corrected chi connectivity index (χ3v) is 5.14. The molecule has 1 atom stereocenters. The molecule has 1 aliphatic heterocycles. The van der Waals surface area contributed by atoms with Crippen molar-refractivity contribution in [1.29, 1.82) is 0 Å². The first-order chi connectivity index (χ1) is 14.4. The third-order valence-electron chi connectivity index (χ3n) is 5.14. The predicted molar refractivity (Wildman–Crippen MR) is 112 cm³/mol. The molecule has 1 aliphatic rings. The van der Waals surface area contributed by atoms with Gasteiger partial charge in [0.05, 0.1) is 24.6 Å². The maximum Gasteiger partial charge on any atom is 0.258 e. The predicted octanol–water partition coefficient (Wildman–Crippen LogP) is 3.16. The molecule has 8 nitrogen and oxygen atoms in total. The number of aryl methyl sites for hydroxylation is 1. The number of pyridine rings is 1. The van der Waals surface area contributed by atoms with Gasteiger partial charge in [0.2, 0.25) is 5.88 Å². The van der Waals surface area contributed by atoms with E-state index < -0.39 is 6.10 Å². The van der Waals surface area contributed by atoms with E-state index in [2.05, 4.69) is 15.0 Å². The van der Waals surface area contributed by atoms with Gasteiger partial charge in [0, 0.05) is 30.9 Å². The summed E-state index contributed by atoms with van der Waals surface area (Å²) >= 11 is 0. The lowest BCUT2D eigenvalue weighted by Gasteiger charge is -2.25. The molecular weight excluding hydrogens is 382 g/mol. The molecule has 1 aromatic carbocycles. The topological polar surface area (TPSA) is 103 Å². The smallest absolute Gasteiger partial charge is 0.258 e. The second-order valence-electron chi connectivity index (χ2n) is 7.31. The van der Waals surface area contributed by atoms with E-state index in [0.717, 1.165) is 16.7 Å². The quantitative estimate of drug-likeness (QED) is 0.663. The van der Waals surface area contributed by atoms with Crippen LogP contribution in [0.1, 0.15) is 40.1 Å². The number of rotatable bonds is 1. The Hall–Kier alpha value is -3.68.